The Kier molecular flexibility index (Phi) is 2.73. The Labute approximate surface area is 109 Å². The molecule has 2 aromatic heterocycles. The fourth-order valence-electron chi connectivity index (χ4n) is 2.00. The Hall–Kier alpha value is -2.31. The molecule has 0 aromatic carbocycles. The van der Waals surface area contributed by atoms with Crippen molar-refractivity contribution in [1.29, 1.82) is 0 Å². The van der Waals surface area contributed by atoms with Crippen molar-refractivity contribution in [2.45, 2.75) is 32.4 Å². The minimum absolute atomic E-state index is 0.181. The molecule has 3 rings (SSSR count). The average molecular weight is 261 g/mol. The number of carbonyl (C=O) groups excluding carboxylic acids is 1. The third kappa shape index (κ3) is 2.44. The number of aryl methyl sites for hydroxylation is 1. The van der Waals surface area contributed by atoms with Gasteiger partial charge in [0.15, 0.2) is 5.82 Å². The van der Waals surface area contributed by atoms with E-state index >= 15 is 0 Å². The van der Waals surface area contributed by atoms with Gasteiger partial charge in [-0.25, -0.2) is 0 Å². The van der Waals surface area contributed by atoms with Gasteiger partial charge in [-0.2, -0.15) is 4.98 Å². The number of hydrogen-bond donors (Lipinski definition) is 2. The summed E-state index contributed by atoms with van der Waals surface area (Å²) in [7, 11) is 0. The zero-order valence-corrected chi connectivity index (χ0v) is 10.6. The highest BCUT2D eigenvalue weighted by Gasteiger charge is 2.27. The van der Waals surface area contributed by atoms with Gasteiger partial charge in [0, 0.05) is 12.2 Å². The van der Waals surface area contributed by atoms with Crippen molar-refractivity contribution in [3.8, 4) is 0 Å². The lowest BCUT2D eigenvalue weighted by molar-refractivity contribution is 0.0937. The van der Waals surface area contributed by atoms with Crippen LogP contribution in [0.15, 0.2) is 16.8 Å². The van der Waals surface area contributed by atoms with Gasteiger partial charge in [0.25, 0.3) is 5.91 Å². The molecular formula is C12H15N5O2. The summed E-state index contributed by atoms with van der Waals surface area (Å²) < 4.78 is 6.87. The summed E-state index contributed by atoms with van der Waals surface area (Å²) in [6.07, 6.45) is 4.00. The van der Waals surface area contributed by atoms with Crippen LogP contribution in [0.25, 0.3) is 0 Å². The van der Waals surface area contributed by atoms with E-state index in [2.05, 4.69) is 15.5 Å². The first-order valence-corrected chi connectivity index (χ1v) is 6.18. The number of carbonyl (C=O) groups is 1. The van der Waals surface area contributed by atoms with Gasteiger partial charge in [-0.3, -0.25) is 4.79 Å². The fraction of sp³-hybridized carbons (Fsp3) is 0.417. The topological polar surface area (TPSA) is 99.0 Å². The molecule has 1 amide bonds. The smallest absolute Gasteiger partial charge is 0.268 e. The zero-order chi connectivity index (χ0) is 13.4. The summed E-state index contributed by atoms with van der Waals surface area (Å²) in [4.78, 5) is 16.1. The summed E-state index contributed by atoms with van der Waals surface area (Å²) in [5.74, 6) is 0.762. The van der Waals surface area contributed by atoms with Gasteiger partial charge in [-0.05, 0) is 25.8 Å². The van der Waals surface area contributed by atoms with Crippen molar-refractivity contribution in [2.24, 2.45) is 0 Å². The Balaban J connectivity index is 1.70. The molecule has 0 bridgehead atoms. The quantitative estimate of drug-likeness (QED) is 0.856. The zero-order valence-electron chi connectivity index (χ0n) is 10.6. The number of nitrogen functional groups attached to an aromatic ring is 1. The predicted molar refractivity (Wildman–Crippen MR) is 67.3 cm³/mol. The summed E-state index contributed by atoms with van der Waals surface area (Å²) in [6, 6.07) is 2.09. The Morgan fingerprint density at radius 1 is 1.63 bits per heavy atom. The van der Waals surface area contributed by atoms with Crippen molar-refractivity contribution in [3.05, 3.63) is 29.7 Å². The lowest BCUT2D eigenvalue weighted by Gasteiger charge is -2.06. The summed E-state index contributed by atoms with van der Waals surface area (Å²) >= 11 is 0. The largest absolute Gasteiger partial charge is 0.397 e. The molecule has 1 aliphatic rings. The van der Waals surface area contributed by atoms with E-state index in [4.69, 9.17) is 10.3 Å². The fourth-order valence-corrected chi connectivity index (χ4v) is 2.00. The molecule has 19 heavy (non-hydrogen) atoms. The van der Waals surface area contributed by atoms with Crippen LogP contribution in [0.2, 0.25) is 0 Å². The third-order valence-corrected chi connectivity index (χ3v) is 3.01. The maximum Gasteiger partial charge on any atom is 0.268 e. The van der Waals surface area contributed by atoms with Crippen LogP contribution in [-0.4, -0.2) is 20.6 Å². The summed E-state index contributed by atoms with van der Waals surface area (Å²) in [6.45, 7) is 1.95. The van der Waals surface area contributed by atoms with Gasteiger partial charge in [0.05, 0.1) is 12.2 Å². The SMILES string of the molecule is Cc1noc(CNC(=O)c2cc(N)cn2C2CC2)n1. The summed E-state index contributed by atoms with van der Waals surface area (Å²) in [5, 5.41) is 6.42. The van der Waals surface area contributed by atoms with Gasteiger partial charge < -0.3 is 20.1 Å². The highest BCUT2D eigenvalue weighted by Crippen LogP contribution is 2.37. The Bertz CT molecular complexity index is 611. The van der Waals surface area contributed by atoms with Crippen molar-refractivity contribution in [2.75, 3.05) is 5.73 Å². The van der Waals surface area contributed by atoms with Crippen molar-refractivity contribution in [3.63, 3.8) is 0 Å². The van der Waals surface area contributed by atoms with Crippen LogP contribution in [0.4, 0.5) is 5.69 Å². The van der Waals surface area contributed by atoms with E-state index in [1.165, 1.54) is 0 Å². The van der Waals surface area contributed by atoms with E-state index < -0.39 is 0 Å². The minimum atomic E-state index is -0.181. The standard InChI is InChI=1S/C12H15N5O2/c1-7-15-11(19-16-7)5-14-12(18)10-4-8(13)6-17(10)9-2-3-9/h4,6,9H,2-3,5,13H2,1H3,(H,14,18). The molecule has 0 atom stereocenters. The van der Waals surface area contributed by atoms with Crippen molar-refractivity contribution < 1.29 is 9.32 Å². The molecule has 3 N–H and O–H groups in total. The normalized spacial score (nSPS) is 14.6. The number of amides is 1. The molecule has 7 nitrogen and oxygen atoms in total. The molecule has 100 valence electrons. The second-order valence-electron chi connectivity index (χ2n) is 4.72. The average Bonchev–Trinajstić information content (AvgIpc) is 3.03. The molecule has 1 saturated carbocycles. The number of nitrogens with two attached hydrogens (primary N) is 1. The predicted octanol–water partition coefficient (Wildman–Crippen LogP) is 1.03. The van der Waals surface area contributed by atoms with Crippen molar-refractivity contribution >= 4 is 11.6 Å². The van der Waals surface area contributed by atoms with Gasteiger partial charge in [-0.1, -0.05) is 5.16 Å². The second-order valence-corrected chi connectivity index (χ2v) is 4.72. The molecule has 1 aliphatic carbocycles. The monoisotopic (exact) mass is 261 g/mol. The van der Waals surface area contributed by atoms with Gasteiger partial charge >= 0.3 is 0 Å². The van der Waals surface area contributed by atoms with Crippen LogP contribution < -0.4 is 11.1 Å². The van der Waals surface area contributed by atoms with E-state index in [-0.39, 0.29) is 12.5 Å². The number of anilines is 1. The first-order chi connectivity index (χ1) is 9.13. The van der Waals surface area contributed by atoms with E-state index in [1.54, 1.807) is 13.0 Å². The van der Waals surface area contributed by atoms with Crippen LogP contribution in [0, 0.1) is 6.92 Å². The lowest BCUT2D eigenvalue weighted by Crippen LogP contribution is -2.25. The highest BCUT2D eigenvalue weighted by molar-refractivity contribution is 5.93. The van der Waals surface area contributed by atoms with Crippen LogP contribution in [-0.2, 0) is 6.54 Å². The third-order valence-electron chi connectivity index (χ3n) is 3.01. The van der Waals surface area contributed by atoms with Gasteiger partial charge in [-0.15, -0.1) is 0 Å². The van der Waals surface area contributed by atoms with Crippen LogP contribution in [0.1, 0.15) is 41.1 Å². The Morgan fingerprint density at radius 2 is 2.42 bits per heavy atom. The molecule has 2 aromatic rings. The number of nitrogens with one attached hydrogen (secondary N) is 1. The lowest BCUT2D eigenvalue weighted by atomic mass is 10.3. The van der Waals surface area contributed by atoms with Crippen LogP contribution >= 0.6 is 0 Å². The number of nitrogens with zero attached hydrogens (tertiary/aromatic N) is 3. The number of rotatable bonds is 4. The summed E-state index contributed by atoms with van der Waals surface area (Å²) in [5.41, 5.74) is 6.93. The number of aromatic nitrogens is 3. The molecule has 0 spiro atoms. The molecule has 7 heteroatoms. The maximum absolute atomic E-state index is 12.1. The van der Waals surface area contributed by atoms with E-state index in [9.17, 15) is 4.79 Å². The second kappa shape index (κ2) is 4.42. The van der Waals surface area contributed by atoms with Crippen molar-refractivity contribution in [1.82, 2.24) is 20.0 Å². The van der Waals surface area contributed by atoms with E-state index in [0.717, 1.165) is 12.8 Å². The van der Waals surface area contributed by atoms with Gasteiger partial charge in [0.2, 0.25) is 5.89 Å². The van der Waals surface area contributed by atoms with E-state index in [1.807, 2.05) is 10.8 Å². The Morgan fingerprint density at radius 3 is 3.05 bits per heavy atom. The first-order valence-electron chi connectivity index (χ1n) is 6.18. The van der Waals surface area contributed by atoms with Crippen LogP contribution in [0.3, 0.4) is 0 Å². The van der Waals surface area contributed by atoms with Gasteiger partial charge in [0.1, 0.15) is 5.69 Å². The minimum Gasteiger partial charge on any atom is -0.397 e. The molecule has 1 fully saturated rings. The first kappa shape index (κ1) is 11.8. The molecule has 2 heterocycles. The molecule has 0 saturated heterocycles. The molecule has 0 unspecified atom stereocenters. The molecular weight excluding hydrogens is 246 g/mol. The molecule has 0 aliphatic heterocycles. The highest BCUT2D eigenvalue weighted by atomic mass is 16.5. The van der Waals surface area contributed by atoms with Crippen LogP contribution in [0.5, 0.6) is 0 Å². The molecule has 0 radical (unpaired) electrons. The maximum atomic E-state index is 12.1. The van der Waals surface area contributed by atoms with E-state index in [0.29, 0.717) is 29.1 Å². The number of hydrogen-bond acceptors (Lipinski definition) is 5.